The number of hydrogen-bond acceptors (Lipinski definition) is 5. The zero-order valence-electron chi connectivity index (χ0n) is 11.5. The minimum absolute atomic E-state index is 0.0449. The van der Waals surface area contributed by atoms with E-state index in [1.165, 1.54) is 13.3 Å². The van der Waals surface area contributed by atoms with Crippen LogP contribution in [0.25, 0.3) is 0 Å². The van der Waals surface area contributed by atoms with Crippen molar-refractivity contribution < 1.29 is 19.1 Å². The van der Waals surface area contributed by atoms with Crippen LogP contribution < -0.4 is 0 Å². The number of nitrogens with zero attached hydrogens (tertiary/aromatic N) is 2. The van der Waals surface area contributed by atoms with E-state index < -0.39 is 0 Å². The van der Waals surface area contributed by atoms with E-state index in [1.54, 1.807) is 11.1 Å². The molecule has 0 aliphatic carbocycles. The molecule has 1 aromatic rings. The predicted molar refractivity (Wildman–Crippen MR) is 70.1 cm³/mol. The quantitative estimate of drug-likeness (QED) is 0.772. The summed E-state index contributed by atoms with van der Waals surface area (Å²) in [5, 5.41) is 6.39. The fourth-order valence-electron chi connectivity index (χ4n) is 2.19. The number of nitrogens with one attached hydrogen (secondary N) is 1. The lowest BCUT2D eigenvalue weighted by Crippen LogP contribution is -2.38. The molecule has 110 valence electrons. The van der Waals surface area contributed by atoms with Crippen molar-refractivity contribution in [3.8, 4) is 0 Å². The van der Waals surface area contributed by atoms with Crippen LogP contribution in [0.3, 0.4) is 0 Å². The van der Waals surface area contributed by atoms with Crippen molar-refractivity contribution in [1.29, 1.82) is 0 Å². The zero-order chi connectivity index (χ0) is 14.4. The van der Waals surface area contributed by atoms with E-state index >= 15 is 0 Å². The third-order valence-electron chi connectivity index (χ3n) is 3.29. The van der Waals surface area contributed by atoms with Crippen LogP contribution in [0.5, 0.6) is 0 Å². The molecule has 1 aromatic heterocycles. The highest BCUT2D eigenvalue weighted by Gasteiger charge is 2.24. The molecule has 2 rings (SSSR count). The second kappa shape index (κ2) is 7.04. The lowest BCUT2D eigenvalue weighted by Gasteiger charge is -2.24. The molecule has 0 radical (unpaired) electrons. The average molecular weight is 281 g/mol. The van der Waals surface area contributed by atoms with Gasteiger partial charge in [0.1, 0.15) is 0 Å². The van der Waals surface area contributed by atoms with Crippen LogP contribution in [0.1, 0.15) is 29.6 Å². The number of rotatable bonds is 6. The third kappa shape index (κ3) is 3.80. The third-order valence-corrected chi connectivity index (χ3v) is 3.29. The molecule has 1 atom stereocenters. The molecule has 1 saturated heterocycles. The highest BCUT2D eigenvalue weighted by Crippen LogP contribution is 2.15. The van der Waals surface area contributed by atoms with Crippen molar-refractivity contribution in [2.24, 2.45) is 0 Å². The number of H-pyrrole nitrogens is 1. The Kier molecular flexibility index (Phi) is 5.11. The van der Waals surface area contributed by atoms with Crippen LogP contribution in [0.15, 0.2) is 12.4 Å². The average Bonchev–Trinajstić information content (AvgIpc) is 3.14. The molecule has 1 amide bonds. The summed E-state index contributed by atoms with van der Waals surface area (Å²) in [7, 11) is 1.34. The Balaban J connectivity index is 1.98. The maximum Gasteiger partial charge on any atom is 0.307 e. The van der Waals surface area contributed by atoms with Gasteiger partial charge in [0.25, 0.3) is 5.91 Å². The molecule has 1 unspecified atom stereocenters. The summed E-state index contributed by atoms with van der Waals surface area (Å²) < 4.78 is 10.2. The predicted octanol–water partition coefficient (Wildman–Crippen LogP) is 0.594. The monoisotopic (exact) mass is 281 g/mol. The SMILES string of the molecule is COC(=O)CCN(CC1CCCO1)C(=O)c1cn[nH]c1. The van der Waals surface area contributed by atoms with Crippen LogP contribution in [-0.4, -0.2) is 59.9 Å². The molecule has 0 bridgehead atoms. The first-order valence-corrected chi connectivity index (χ1v) is 6.67. The standard InChI is InChI=1S/C13H19N3O4/c1-19-12(17)4-5-16(9-11-3-2-6-20-11)13(18)10-7-14-15-8-10/h7-8,11H,2-6,9H2,1H3,(H,14,15). The van der Waals surface area contributed by atoms with Gasteiger partial charge in [0.2, 0.25) is 0 Å². The number of aromatic amines is 1. The van der Waals surface area contributed by atoms with Gasteiger partial charge in [0, 0.05) is 25.9 Å². The Morgan fingerprint density at radius 1 is 1.60 bits per heavy atom. The van der Waals surface area contributed by atoms with Crippen molar-refractivity contribution >= 4 is 11.9 Å². The van der Waals surface area contributed by atoms with Gasteiger partial charge in [-0.15, -0.1) is 0 Å². The molecule has 7 heteroatoms. The van der Waals surface area contributed by atoms with Crippen LogP contribution in [0, 0.1) is 0 Å². The summed E-state index contributed by atoms with van der Waals surface area (Å²) >= 11 is 0. The van der Waals surface area contributed by atoms with Crippen LogP contribution in [-0.2, 0) is 14.3 Å². The van der Waals surface area contributed by atoms with E-state index in [0.717, 1.165) is 19.4 Å². The van der Waals surface area contributed by atoms with E-state index in [9.17, 15) is 9.59 Å². The molecule has 0 saturated carbocycles. The minimum Gasteiger partial charge on any atom is -0.469 e. The van der Waals surface area contributed by atoms with Gasteiger partial charge in [0.15, 0.2) is 0 Å². The summed E-state index contributed by atoms with van der Waals surface area (Å²) in [6.45, 7) is 1.53. The van der Waals surface area contributed by atoms with Crippen LogP contribution >= 0.6 is 0 Å². The number of hydrogen-bond donors (Lipinski definition) is 1. The second-order valence-corrected chi connectivity index (χ2v) is 4.70. The van der Waals surface area contributed by atoms with Gasteiger partial charge < -0.3 is 14.4 Å². The smallest absolute Gasteiger partial charge is 0.307 e. The Bertz CT molecular complexity index is 440. The molecule has 2 heterocycles. The molecule has 7 nitrogen and oxygen atoms in total. The molecule has 1 aliphatic rings. The largest absolute Gasteiger partial charge is 0.469 e. The summed E-state index contributed by atoms with van der Waals surface area (Å²) in [6.07, 6.45) is 5.19. The number of ether oxygens (including phenoxy) is 2. The van der Waals surface area contributed by atoms with Gasteiger partial charge in [-0.25, -0.2) is 0 Å². The number of esters is 1. The van der Waals surface area contributed by atoms with E-state index in [1.807, 2.05) is 0 Å². The molecule has 20 heavy (non-hydrogen) atoms. The maximum absolute atomic E-state index is 12.4. The molecular weight excluding hydrogens is 262 g/mol. The summed E-state index contributed by atoms with van der Waals surface area (Å²) in [5.74, 6) is -0.486. The highest BCUT2D eigenvalue weighted by molar-refractivity contribution is 5.93. The van der Waals surface area contributed by atoms with Crippen molar-refractivity contribution in [2.75, 3.05) is 26.8 Å². The maximum atomic E-state index is 12.4. The molecular formula is C13H19N3O4. The molecule has 1 aliphatic heterocycles. The minimum atomic E-state index is -0.331. The van der Waals surface area contributed by atoms with Crippen LogP contribution in [0.4, 0.5) is 0 Å². The molecule has 1 N–H and O–H groups in total. The Morgan fingerprint density at radius 2 is 2.45 bits per heavy atom. The summed E-state index contributed by atoms with van der Waals surface area (Å²) in [4.78, 5) is 25.2. The van der Waals surface area contributed by atoms with Gasteiger partial charge in [-0.3, -0.25) is 14.7 Å². The fraction of sp³-hybridized carbons (Fsp3) is 0.615. The summed E-state index contributed by atoms with van der Waals surface area (Å²) in [6, 6.07) is 0. The van der Waals surface area contributed by atoms with Gasteiger partial charge in [-0.05, 0) is 12.8 Å². The Hall–Kier alpha value is -1.89. The molecule has 1 fully saturated rings. The zero-order valence-corrected chi connectivity index (χ0v) is 11.5. The first kappa shape index (κ1) is 14.5. The fourth-order valence-corrected chi connectivity index (χ4v) is 2.19. The van der Waals surface area contributed by atoms with E-state index in [-0.39, 0.29) is 24.4 Å². The van der Waals surface area contributed by atoms with Crippen molar-refractivity contribution in [1.82, 2.24) is 15.1 Å². The second-order valence-electron chi connectivity index (χ2n) is 4.70. The van der Waals surface area contributed by atoms with Crippen molar-refractivity contribution in [3.63, 3.8) is 0 Å². The number of carbonyl (C=O) groups excluding carboxylic acids is 2. The Morgan fingerprint density at radius 3 is 3.05 bits per heavy atom. The van der Waals surface area contributed by atoms with Gasteiger partial charge in [0.05, 0.1) is 31.4 Å². The first-order valence-electron chi connectivity index (χ1n) is 6.67. The normalized spacial score (nSPS) is 17.9. The van der Waals surface area contributed by atoms with E-state index in [4.69, 9.17) is 4.74 Å². The lowest BCUT2D eigenvalue weighted by atomic mass is 10.2. The number of aromatic nitrogens is 2. The van der Waals surface area contributed by atoms with Crippen molar-refractivity contribution in [2.45, 2.75) is 25.4 Å². The van der Waals surface area contributed by atoms with E-state index in [2.05, 4.69) is 14.9 Å². The number of amides is 1. The number of methoxy groups -OCH3 is 1. The van der Waals surface area contributed by atoms with Gasteiger partial charge in [-0.1, -0.05) is 0 Å². The highest BCUT2D eigenvalue weighted by atomic mass is 16.5. The molecule has 0 spiro atoms. The lowest BCUT2D eigenvalue weighted by molar-refractivity contribution is -0.140. The molecule has 0 aromatic carbocycles. The van der Waals surface area contributed by atoms with Gasteiger partial charge >= 0.3 is 5.97 Å². The summed E-state index contributed by atoms with van der Waals surface area (Å²) in [5.41, 5.74) is 0.480. The first-order chi connectivity index (χ1) is 9.70. The van der Waals surface area contributed by atoms with Crippen molar-refractivity contribution in [3.05, 3.63) is 18.0 Å². The Labute approximate surface area is 117 Å². The van der Waals surface area contributed by atoms with E-state index in [0.29, 0.717) is 18.7 Å². The van der Waals surface area contributed by atoms with Gasteiger partial charge in [-0.2, -0.15) is 5.10 Å². The topological polar surface area (TPSA) is 84.5 Å². The van der Waals surface area contributed by atoms with Crippen LogP contribution in [0.2, 0.25) is 0 Å². The number of carbonyl (C=O) groups is 2.